The normalized spacial score (nSPS) is 11.6. The van der Waals surface area contributed by atoms with Crippen molar-refractivity contribution in [3.05, 3.63) is 69.2 Å². The lowest BCUT2D eigenvalue weighted by atomic mass is 10.2. The number of ether oxygens (including phenoxy) is 1. The number of anilines is 1. The topological polar surface area (TPSA) is 130 Å². The van der Waals surface area contributed by atoms with Gasteiger partial charge in [0.2, 0.25) is 5.91 Å². The van der Waals surface area contributed by atoms with E-state index in [4.69, 9.17) is 9.15 Å². The molecule has 0 saturated carbocycles. The summed E-state index contributed by atoms with van der Waals surface area (Å²) in [5, 5.41) is 17.7. The van der Waals surface area contributed by atoms with Gasteiger partial charge in [-0.25, -0.2) is 4.68 Å². The first kappa shape index (κ1) is 18.8. The molecule has 0 fully saturated rings. The molecule has 1 N–H and O–H groups in total. The molecule has 0 aliphatic heterocycles. The van der Waals surface area contributed by atoms with Crippen molar-refractivity contribution in [3.8, 4) is 17.2 Å². The van der Waals surface area contributed by atoms with Gasteiger partial charge in [-0.2, -0.15) is 5.10 Å². The number of carbonyl (C=O) groups excluding carboxylic acids is 1. The maximum atomic E-state index is 12.6. The molecule has 2 aromatic heterocycles. The highest BCUT2D eigenvalue weighted by Crippen LogP contribution is 2.29. The van der Waals surface area contributed by atoms with Gasteiger partial charge in [-0.05, 0) is 31.2 Å². The second kappa shape index (κ2) is 7.74. The predicted molar refractivity (Wildman–Crippen MR) is 99.2 cm³/mol. The Labute approximate surface area is 158 Å². The largest absolute Gasteiger partial charge is 0.494 e. The first-order chi connectivity index (χ1) is 13.4. The van der Waals surface area contributed by atoms with Crippen LogP contribution in [0, 0.1) is 10.1 Å². The minimum atomic E-state index is -0.956. The first-order valence-electron chi connectivity index (χ1n) is 8.17. The molecule has 144 valence electrons. The molecule has 3 rings (SSSR count). The third-order valence-electron chi connectivity index (χ3n) is 4.00. The molecular formula is C18H16N4O6. The molecule has 1 amide bonds. The Kier molecular flexibility index (Phi) is 5.21. The van der Waals surface area contributed by atoms with E-state index in [1.807, 2.05) is 0 Å². The van der Waals surface area contributed by atoms with Gasteiger partial charge in [-0.15, -0.1) is 0 Å². The van der Waals surface area contributed by atoms with Crippen LogP contribution in [0.5, 0.6) is 5.75 Å². The van der Waals surface area contributed by atoms with Crippen LogP contribution in [0.2, 0.25) is 0 Å². The number of methoxy groups -OCH3 is 1. The zero-order valence-electron chi connectivity index (χ0n) is 15.0. The number of rotatable bonds is 6. The summed E-state index contributed by atoms with van der Waals surface area (Å²) in [6.07, 6.45) is 1.48. The third-order valence-corrected chi connectivity index (χ3v) is 4.00. The van der Waals surface area contributed by atoms with E-state index in [1.54, 1.807) is 12.1 Å². The number of nitrogens with zero attached hydrogens (tertiary/aromatic N) is 3. The fourth-order valence-corrected chi connectivity index (χ4v) is 2.50. The number of amides is 1. The van der Waals surface area contributed by atoms with Gasteiger partial charge in [0.25, 0.3) is 11.2 Å². The summed E-state index contributed by atoms with van der Waals surface area (Å²) in [6, 6.07) is 9.00. The zero-order valence-corrected chi connectivity index (χ0v) is 15.0. The zero-order chi connectivity index (χ0) is 20.3. The molecule has 0 spiro atoms. The fourth-order valence-electron chi connectivity index (χ4n) is 2.50. The third kappa shape index (κ3) is 3.75. The number of nitro benzene ring substituents is 1. The molecule has 10 nitrogen and oxygen atoms in total. The molecule has 1 atom stereocenters. The van der Waals surface area contributed by atoms with Crippen LogP contribution in [0.1, 0.15) is 13.0 Å². The number of furan rings is 1. The number of aromatic nitrogens is 2. The molecule has 28 heavy (non-hydrogen) atoms. The second-order valence-electron chi connectivity index (χ2n) is 5.79. The van der Waals surface area contributed by atoms with E-state index in [-0.39, 0.29) is 17.1 Å². The number of hydrogen-bond donors (Lipinski definition) is 1. The number of nitro groups is 1. The standard InChI is InChI=1S/C18H16N4O6/c1-11(21-17(23)8-7-14(20-21)15-4-3-9-28-15)18(24)19-13-6-5-12(22(25)26)10-16(13)27-2/h3-11H,1-2H3,(H,19,24). The summed E-state index contributed by atoms with van der Waals surface area (Å²) < 4.78 is 11.4. The summed E-state index contributed by atoms with van der Waals surface area (Å²) in [5.74, 6) is 0.0381. The van der Waals surface area contributed by atoms with Gasteiger partial charge < -0.3 is 14.5 Å². The van der Waals surface area contributed by atoms with Crippen molar-refractivity contribution in [1.82, 2.24) is 9.78 Å². The molecule has 2 heterocycles. The Morgan fingerprint density at radius 1 is 1.32 bits per heavy atom. The smallest absolute Gasteiger partial charge is 0.273 e. The van der Waals surface area contributed by atoms with Gasteiger partial charge >= 0.3 is 0 Å². The Morgan fingerprint density at radius 2 is 2.11 bits per heavy atom. The average molecular weight is 384 g/mol. The van der Waals surface area contributed by atoms with Crippen molar-refractivity contribution in [2.75, 3.05) is 12.4 Å². The van der Waals surface area contributed by atoms with Gasteiger partial charge in [0, 0.05) is 12.1 Å². The second-order valence-corrected chi connectivity index (χ2v) is 5.79. The predicted octanol–water partition coefficient (Wildman–Crippen LogP) is 2.62. The molecule has 10 heteroatoms. The Balaban J connectivity index is 1.87. The summed E-state index contributed by atoms with van der Waals surface area (Å²) in [7, 11) is 1.33. The van der Waals surface area contributed by atoms with Crippen LogP contribution < -0.4 is 15.6 Å². The Hall–Kier alpha value is -3.95. The van der Waals surface area contributed by atoms with Crippen molar-refractivity contribution < 1.29 is 18.9 Å². The summed E-state index contributed by atoms with van der Waals surface area (Å²) in [6.45, 7) is 1.51. The maximum Gasteiger partial charge on any atom is 0.273 e. The average Bonchev–Trinajstić information content (AvgIpc) is 3.22. The van der Waals surface area contributed by atoms with Gasteiger partial charge in [0.15, 0.2) is 5.76 Å². The molecule has 0 aliphatic carbocycles. The van der Waals surface area contributed by atoms with Gasteiger partial charge in [-0.3, -0.25) is 19.7 Å². The minimum absolute atomic E-state index is 0.124. The van der Waals surface area contributed by atoms with Crippen LogP contribution in [-0.2, 0) is 4.79 Å². The van der Waals surface area contributed by atoms with Gasteiger partial charge in [0.05, 0.1) is 30.1 Å². The van der Waals surface area contributed by atoms with E-state index >= 15 is 0 Å². The lowest BCUT2D eigenvalue weighted by Crippen LogP contribution is -2.33. The minimum Gasteiger partial charge on any atom is -0.494 e. The SMILES string of the molecule is COc1cc([N+](=O)[O-])ccc1NC(=O)C(C)n1nc(-c2ccco2)ccc1=O. The number of hydrogen-bond acceptors (Lipinski definition) is 7. The van der Waals surface area contributed by atoms with Crippen LogP contribution in [0.15, 0.2) is 57.9 Å². The molecular weight excluding hydrogens is 368 g/mol. The molecule has 0 radical (unpaired) electrons. The van der Waals surface area contributed by atoms with E-state index in [0.717, 1.165) is 4.68 Å². The molecule has 0 aliphatic rings. The number of non-ortho nitro benzene ring substituents is 1. The summed E-state index contributed by atoms with van der Waals surface area (Å²) >= 11 is 0. The lowest BCUT2D eigenvalue weighted by molar-refractivity contribution is -0.384. The van der Waals surface area contributed by atoms with Crippen molar-refractivity contribution in [2.45, 2.75) is 13.0 Å². The van der Waals surface area contributed by atoms with Crippen molar-refractivity contribution in [1.29, 1.82) is 0 Å². The van der Waals surface area contributed by atoms with E-state index in [0.29, 0.717) is 11.5 Å². The highest BCUT2D eigenvalue weighted by atomic mass is 16.6. The Morgan fingerprint density at radius 3 is 2.75 bits per heavy atom. The monoisotopic (exact) mass is 384 g/mol. The van der Waals surface area contributed by atoms with E-state index < -0.39 is 22.4 Å². The highest BCUT2D eigenvalue weighted by Gasteiger charge is 2.21. The van der Waals surface area contributed by atoms with Crippen molar-refractivity contribution in [2.24, 2.45) is 0 Å². The number of benzene rings is 1. The molecule has 0 bridgehead atoms. The molecule has 1 unspecified atom stereocenters. The van der Waals surface area contributed by atoms with Gasteiger partial charge in [0.1, 0.15) is 17.5 Å². The highest BCUT2D eigenvalue weighted by molar-refractivity contribution is 5.95. The molecule has 3 aromatic rings. The van der Waals surface area contributed by atoms with Crippen molar-refractivity contribution in [3.63, 3.8) is 0 Å². The van der Waals surface area contributed by atoms with E-state index in [1.165, 1.54) is 50.6 Å². The number of carbonyl (C=O) groups is 1. The first-order valence-corrected chi connectivity index (χ1v) is 8.17. The fraction of sp³-hybridized carbons (Fsp3) is 0.167. The van der Waals surface area contributed by atoms with Crippen LogP contribution in [-0.4, -0.2) is 27.7 Å². The quantitative estimate of drug-likeness (QED) is 0.511. The van der Waals surface area contributed by atoms with Crippen LogP contribution in [0.3, 0.4) is 0 Å². The van der Waals surface area contributed by atoms with Crippen molar-refractivity contribution >= 4 is 17.3 Å². The van der Waals surface area contributed by atoms with E-state index in [9.17, 15) is 19.7 Å². The lowest BCUT2D eigenvalue weighted by Gasteiger charge is -2.16. The van der Waals surface area contributed by atoms with Crippen LogP contribution in [0.4, 0.5) is 11.4 Å². The molecule has 1 aromatic carbocycles. The molecule has 0 saturated heterocycles. The van der Waals surface area contributed by atoms with E-state index in [2.05, 4.69) is 10.4 Å². The number of nitrogens with one attached hydrogen (secondary N) is 1. The van der Waals surface area contributed by atoms with Gasteiger partial charge in [-0.1, -0.05) is 0 Å². The Bertz CT molecular complexity index is 1070. The maximum absolute atomic E-state index is 12.6. The van der Waals surface area contributed by atoms with Crippen LogP contribution >= 0.6 is 0 Å². The van der Waals surface area contributed by atoms with Crippen LogP contribution in [0.25, 0.3) is 11.5 Å². The summed E-state index contributed by atoms with van der Waals surface area (Å²) in [4.78, 5) is 35.1. The summed E-state index contributed by atoms with van der Waals surface area (Å²) in [5.41, 5.74) is -0.00194.